The first-order valence-electron chi connectivity index (χ1n) is 6.60. The fraction of sp³-hybridized carbons (Fsp3) is 0.571. The molecule has 0 unspecified atom stereocenters. The Kier molecular flexibility index (Phi) is 7.85. The number of benzene rings is 1. The number of ether oxygens (including phenoxy) is 2. The molecule has 0 saturated heterocycles. The number of halogens is 4. The Balaban J connectivity index is 2.36. The van der Waals surface area contributed by atoms with Crippen molar-refractivity contribution >= 4 is 11.6 Å². The van der Waals surface area contributed by atoms with Crippen LogP contribution in [0.1, 0.15) is 18.4 Å². The molecule has 0 heterocycles. The lowest BCUT2D eigenvalue weighted by atomic mass is 10.2. The van der Waals surface area contributed by atoms with Gasteiger partial charge in [-0.15, -0.1) is 0 Å². The largest absolute Gasteiger partial charge is 0.492 e. The SMILES string of the molecule is COCCNCc1ccc(OCCCC(F)(F)F)c(Cl)c1. The fourth-order valence-electron chi connectivity index (χ4n) is 1.63. The third kappa shape index (κ3) is 8.14. The van der Waals surface area contributed by atoms with Crippen LogP contribution in [0.25, 0.3) is 0 Å². The zero-order chi connectivity index (χ0) is 15.7. The van der Waals surface area contributed by atoms with E-state index in [2.05, 4.69) is 5.32 Å². The maximum absolute atomic E-state index is 12.0. The third-order valence-corrected chi connectivity index (χ3v) is 2.97. The summed E-state index contributed by atoms with van der Waals surface area (Å²) in [7, 11) is 1.63. The van der Waals surface area contributed by atoms with Crippen LogP contribution >= 0.6 is 11.6 Å². The van der Waals surface area contributed by atoms with Crippen molar-refractivity contribution in [3.63, 3.8) is 0 Å². The summed E-state index contributed by atoms with van der Waals surface area (Å²) >= 11 is 6.04. The summed E-state index contributed by atoms with van der Waals surface area (Å²) in [5.74, 6) is 0.402. The second kappa shape index (κ2) is 9.12. The molecule has 0 bridgehead atoms. The molecule has 1 aromatic carbocycles. The van der Waals surface area contributed by atoms with Crippen molar-refractivity contribution in [1.29, 1.82) is 0 Å². The number of rotatable bonds is 9. The number of alkyl halides is 3. The van der Waals surface area contributed by atoms with E-state index >= 15 is 0 Å². The van der Waals surface area contributed by atoms with Crippen LogP contribution in [0.5, 0.6) is 5.75 Å². The van der Waals surface area contributed by atoms with E-state index in [1.807, 2.05) is 6.07 Å². The van der Waals surface area contributed by atoms with Gasteiger partial charge in [0.05, 0.1) is 18.2 Å². The molecule has 0 aromatic heterocycles. The van der Waals surface area contributed by atoms with Crippen LogP contribution in [0.2, 0.25) is 5.02 Å². The zero-order valence-electron chi connectivity index (χ0n) is 11.8. The summed E-state index contributed by atoms with van der Waals surface area (Å²) in [6.07, 6.45) is -5.09. The summed E-state index contributed by atoms with van der Waals surface area (Å²) in [6.45, 7) is 1.97. The summed E-state index contributed by atoms with van der Waals surface area (Å²) in [4.78, 5) is 0. The molecule has 0 fully saturated rings. The smallest absolute Gasteiger partial charge is 0.389 e. The van der Waals surface area contributed by atoms with Crippen LogP contribution < -0.4 is 10.1 Å². The molecule has 0 amide bonds. The van der Waals surface area contributed by atoms with Gasteiger partial charge in [0.1, 0.15) is 5.75 Å². The molecule has 21 heavy (non-hydrogen) atoms. The third-order valence-electron chi connectivity index (χ3n) is 2.67. The van der Waals surface area contributed by atoms with Crippen LogP contribution in [0.3, 0.4) is 0 Å². The van der Waals surface area contributed by atoms with Gasteiger partial charge in [0.25, 0.3) is 0 Å². The summed E-state index contributed by atoms with van der Waals surface area (Å²) in [5, 5.41) is 3.57. The highest BCUT2D eigenvalue weighted by molar-refractivity contribution is 6.32. The molecule has 3 nitrogen and oxygen atoms in total. The molecule has 0 aliphatic heterocycles. The Morgan fingerprint density at radius 3 is 2.62 bits per heavy atom. The number of nitrogens with one attached hydrogen (secondary N) is 1. The Labute approximate surface area is 127 Å². The lowest BCUT2D eigenvalue weighted by Crippen LogP contribution is -2.18. The van der Waals surface area contributed by atoms with Crippen molar-refractivity contribution in [3.05, 3.63) is 28.8 Å². The lowest BCUT2D eigenvalue weighted by molar-refractivity contribution is -0.136. The van der Waals surface area contributed by atoms with Crippen LogP contribution in [0, 0.1) is 0 Å². The van der Waals surface area contributed by atoms with Gasteiger partial charge in [0, 0.05) is 26.6 Å². The summed E-state index contributed by atoms with van der Waals surface area (Å²) < 4.78 is 46.1. The molecule has 7 heteroatoms. The molecule has 0 atom stereocenters. The minimum absolute atomic E-state index is 0.00926. The van der Waals surface area contributed by atoms with Crippen LogP contribution in [-0.2, 0) is 11.3 Å². The van der Waals surface area contributed by atoms with Gasteiger partial charge < -0.3 is 14.8 Å². The summed E-state index contributed by atoms with van der Waals surface area (Å²) in [5.41, 5.74) is 0.971. The Hall–Kier alpha value is -0.980. The topological polar surface area (TPSA) is 30.5 Å². The molecule has 1 N–H and O–H groups in total. The molecule has 1 rings (SSSR count). The van der Waals surface area contributed by atoms with Crippen molar-refractivity contribution < 1.29 is 22.6 Å². The molecular formula is C14H19ClF3NO2. The summed E-state index contributed by atoms with van der Waals surface area (Å²) in [6, 6.07) is 5.23. The standard InChI is InChI=1S/C14H19ClF3NO2/c1-20-8-6-19-10-11-3-4-13(12(15)9-11)21-7-2-5-14(16,17)18/h3-4,9,19H,2,5-8,10H2,1H3. The molecule has 0 aliphatic carbocycles. The average molecular weight is 326 g/mol. The van der Waals surface area contributed by atoms with E-state index in [-0.39, 0.29) is 13.0 Å². The predicted molar refractivity (Wildman–Crippen MR) is 75.8 cm³/mol. The van der Waals surface area contributed by atoms with Crippen molar-refractivity contribution in [1.82, 2.24) is 5.32 Å². The van der Waals surface area contributed by atoms with Gasteiger partial charge in [-0.05, 0) is 24.1 Å². The van der Waals surface area contributed by atoms with Gasteiger partial charge in [0.15, 0.2) is 0 Å². The molecule has 120 valence electrons. The lowest BCUT2D eigenvalue weighted by Gasteiger charge is -2.11. The number of methoxy groups -OCH3 is 1. The second-order valence-electron chi connectivity index (χ2n) is 4.50. The van der Waals surface area contributed by atoms with Gasteiger partial charge >= 0.3 is 6.18 Å². The highest BCUT2D eigenvalue weighted by Gasteiger charge is 2.26. The molecular weight excluding hydrogens is 307 g/mol. The van der Waals surface area contributed by atoms with Crippen molar-refractivity contribution in [2.75, 3.05) is 26.9 Å². The molecule has 0 spiro atoms. The monoisotopic (exact) mass is 325 g/mol. The highest BCUT2D eigenvalue weighted by Crippen LogP contribution is 2.26. The molecule has 0 radical (unpaired) electrons. The van der Waals surface area contributed by atoms with Crippen LogP contribution in [0.15, 0.2) is 18.2 Å². The van der Waals surface area contributed by atoms with Crippen molar-refractivity contribution in [2.24, 2.45) is 0 Å². The Bertz CT molecular complexity index is 427. The predicted octanol–water partition coefficient (Wildman–Crippen LogP) is 3.80. The average Bonchev–Trinajstić information content (AvgIpc) is 2.40. The molecule has 0 aliphatic rings. The van der Waals surface area contributed by atoms with Gasteiger partial charge in [-0.2, -0.15) is 13.2 Å². The quantitative estimate of drug-likeness (QED) is 0.701. The van der Waals surface area contributed by atoms with E-state index in [1.54, 1.807) is 19.2 Å². The Morgan fingerprint density at radius 1 is 1.24 bits per heavy atom. The van der Waals surface area contributed by atoms with E-state index in [0.717, 1.165) is 12.1 Å². The van der Waals surface area contributed by atoms with E-state index in [9.17, 15) is 13.2 Å². The minimum Gasteiger partial charge on any atom is -0.492 e. The normalized spacial score (nSPS) is 11.7. The van der Waals surface area contributed by atoms with Crippen molar-refractivity contribution in [2.45, 2.75) is 25.6 Å². The van der Waals surface area contributed by atoms with Gasteiger partial charge in [-0.25, -0.2) is 0 Å². The highest BCUT2D eigenvalue weighted by atomic mass is 35.5. The van der Waals surface area contributed by atoms with E-state index in [4.69, 9.17) is 21.1 Å². The van der Waals surface area contributed by atoms with Gasteiger partial charge in [-0.1, -0.05) is 17.7 Å². The van der Waals surface area contributed by atoms with E-state index in [1.165, 1.54) is 0 Å². The van der Waals surface area contributed by atoms with Gasteiger partial charge in [0.2, 0.25) is 0 Å². The first-order chi connectivity index (χ1) is 9.92. The minimum atomic E-state index is -4.15. The van der Waals surface area contributed by atoms with E-state index < -0.39 is 12.6 Å². The first kappa shape index (κ1) is 18.1. The Morgan fingerprint density at radius 2 is 2.00 bits per heavy atom. The number of hydrogen-bond acceptors (Lipinski definition) is 3. The fourth-order valence-corrected chi connectivity index (χ4v) is 1.89. The first-order valence-corrected chi connectivity index (χ1v) is 6.98. The maximum Gasteiger partial charge on any atom is 0.389 e. The maximum atomic E-state index is 12.0. The molecule has 1 aromatic rings. The van der Waals surface area contributed by atoms with Gasteiger partial charge in [-0.3, -0.25) is 0 Å². The van der Waals surface area contributed by atoms with Crippen LogP contribution in [-0.4, -0.2) is 33.0 Å². The number of hydrogen-bond donors (Lipinski definition) is 1. The molecule has 0 saturated carbocycles. The zero-order valence-corrected chi connectivity index (χ0v) is 12.6. The van der Waals surface area contributed by atoms with Crippen LogP contribution in [0.4, 0.5) is 13.2 Å². The van der Waals surface area contributed by atoms with Crippen molar-refractivity contribution in [3.8, 4) is 5.75 Å². The van der Waals surface area contributed by atoms with E-state index in [0.29, 0.717) is 23.9 Å². The second-order valence-corrected chi connectivity index (χ2v) is 4.91.